The Kier molecular flexibility index (Phi) is 3.48. The SMILES string of the molecule is CCc1nn(C)c2c1nc(CCl)n2CCn1cccn1. The molecular weight excluding hydrogens is 276 g/mol. The van der Waals surface area contributed by atoms with Gasteiger partial charge in [0.15, 0.2) is 5.65 Å². The number of aromatic nitrogens is 6. The molecule has 0 saturated carbocycles. The fraction of sp³-hybridized carbons (Fsp3) is 0.462. The summed E-state index contributed by atoms with van der Waals surface area (Å²) in [7, 11) is 1.95. The monoisotopic (exact) mass is 292 g/mol. The summed E-state index contributed by atoms with van der Waals surface area (Å²) in [5.41, 5.74) is 3.02. The van der Waals surface area contributed by atoms with E-state index in [4.69, 9.17) is 11.6 Å². The standard InChI is InChI=1S/C13H17ClN6/c1-3-10-12-13(18(2)17-10)20(11(9-14)16-12)8-7-19-6-4-5-15-19/h4-6H,3,7-9H2,1-2H3. The van der Waals surface area contributed by atoms with Crippen molar-refractivity contribution >= 4 is 22.8 Å². The number of aryl methyl sites for hydroxylation is 4. The highest BCUT2D eigenvalue weighted by Gasteiger charge is 2.17. The van der Waals surface area contributed by atoms with Gasteiger partial charge in [0.2, 0.25) is 0 Å². The van der Waals surface area contributed by atoms with Crippen molar-refractivity contribution in [1.82, 2.24) is 29.1 Å². The topological polar surface area (TPSA) is 53.5 Å². The average Bonchev–Trinajstić information content (AvgIpc) is 3.13. The lowest BCUT2D eigenvalue weighted by Gasteiger charge is -2.08. The minimum atomic E-state index is 0.400. The van der Waals surface area contributed by atoms with E-state index in [1.165, 1.54) is 0 Å². The number of hydrogen-bond acceptors (Lipinski definition) is 3. The Hall–Kier alpha value is -1.82. The predicted molar refractivity (Wildman–Crippen MR) is 77.7 cm³/mol. The molecule has 3 aromatic heterocycles. The molecule has 106 valence electrons. The predicted octanol–water partition coefficient (Wildman–Crippen LogP) is 1.97. The van der Waals surface area contributed by atoms with Gasteiger partial charge in [-0.25, -0.2) is 4.98 Å². The van der Waals surface area contributed by atoms with E-state index in [1.807, 2.05) is 28.7 Å². The molecule has 0 saturated heterocycles. The molecule has 0 amide bonds. The maximum atomic E-state index is 6.03. The van der Waals surface area contributed by atoms with E-state index in [0.29, 0.717) is 5.88 Å². The molecule has 0 aliphatic heterocycles. The molecule has 0 atom stereocenters. The van der Waals surface area contributed by atoms with Crippen molar-refractivity contribution in [2.45, 2.75) is 32.3 Å². The molecule has 3 heterocycles. The number of imidazole rings is 1. The van der Waals surface area contributed by atoms with Crippen molar-refractivity contribution in [3.05, 3.63) is 30.0 Å². The minimum Gasteiger partial charge on any atom is -0.310 e. The Bertz CT molecular complexity index is 709. The molecule has 3 rings (SSSR count). The van der Waals surface area contributed by atoms with Gasteiger partial charge in [-0.3, -0.25) is 9.36 Å². The highest BCUT2D eigenvalue weighted by molar-refractivity contribution is 6.16. The van der Waals surface area contributed by atoms with Crippen LogP contribution in [0.4, 0.5) is 0 Å². The average molecular weight is 293 g/mol. The van der Waals surface area contributed by atoms with Crippen molar-refractivity contribution < 1.29 is 0 Å². The lowest BCUT2D eigenvalue weighted by atomic mass is 10.3. The molecule has 0 radical (unpaired) electrons. The van der Waals surface area contributed by atoms with Crippen LogP contribution in [-0.2, 0) is 32.4 Å². The van der Waals surface area contributed by atoms with Crippen LogP contribution < -0.4 is 0 Å². The van der Waals surface area contributed by atoms with Crippen LogP contribution in [0.25, 0.3) is 11.2 Å². The number of alkyl halides is 1. The third-order valence-electron chi connectivity index (χ3n) is 3.44. The van der Waals surface area contributed by atoms with Crippen molar-refractivity contribution in [1.29, 1.82) is 0 Å². The van der Waals surface area contributed by atoms with Gasteiger partial charge in [0.05, 0.1) is 18.1 Å². The van der Waals surface area contributed by atoms with Crippen LogP contribution in [0.5, 0.6) is 0 Å². The number of fused-ring (bicyclic) bond motifs is 1. The largest absolute Gasteiger partial charge is 0.310 e. The van der Waals surface area contributed by atoms with Crippen molar-refractivity contribution in [2.75, 3.05) is 0 Å². The van der Waals surface area contributed by atoms with Gasteiger partial charge < -0.3 is 4.57 Å². The van der Waals surface area contributed by atoms with Crippen molar-refractivity contribution in [2.24, 2.45) is 7.05 Å². The van der Waals surface area contributed by atoms with Crippen LogP contribution in [0.2, 0.25) is 0 Å². The summed E-state index contributed by atoms with van der Waals surface area (Å²) < 4.78 is 5.93. The van der Waals surface area contributed by atoms with Gasteiger partial charge in [0, 0.05) is 26.0 Å². The van der Waals surface area contributed by atoms with Crippen LogP contribution in [-0.4, -0.2) is 29.1 Å². The van der Waals surface area contributed by atoms with Gasteiger partial charge in [-0.2, -0.15) is 10.2 Å². The lowest BCUT2D eigenvalue weighted by molar-refractivity contribution is 0.525. The molecule has 0 unspecified atom stereocenters. The molecule has 0 bridgehead atoms. The molecule has 0 spiro atoms. The first kappa shape index (κ1) is 13.2. The van der Waals surface area contributed by atoms with E-state index >= 15 is 0 Å². The summed E-state index contributed by atoms with van der Waals surface area (Å²) in [6.07, 6.45) is 4.61. The summed E-state index contributed by atoms with van der Waals surface area (Å²) >= 11 is 6.03. The van der Waals surface area contributed by atoms with Gasteiger partial charge in [-0.1, -0.05) is 6.92 Å². The van der Waals surface area contributed by atoms with Gasteiger partial charge in [0.1, 0.15) is 11.3 Å². The zero-order chi connectivity index (χ0) is 14.1. The maximum absolute atomic E-state index is 6.03. The summed E-state index contributed by atoms with van der Waals surface area (Å²) in [6.45, 7) is 3.66. The molecule has 7 heteroatoms. The van der Waals surface area contributed by atoms with Gasteiger partial charge in [-0.15, -0.1) is 11.6 Å². The van der Waals surface area contributed by atoms with Crippen LogP contribution >= 0.6 is 11.6 Å². The second-order valence-electron chi connectivity index (χ2n) is 4.68. The first-order chi connectivity index (χ1) is 9.74. The fourth-order valence-corrected chi connectivity index (χ4v) is 2.70. The zero-order valence-corrected chi connectivity index (χ0v) is 12.4. The molecule has 0 fully saturated rings. The quantitative estimate of drug-likeness (QED) is 0.676. The highest BCUT2D eigenvalue weighted by Crippen LogP contribution is 2.21. The molecular formula is C13H17ClN6. The Morgan fingerprint density at radius 3 is 2.80 bits per heavy atom. The molecule has 0 aliphatic rings. The normalized spacial score (nSPS) is 11.6. The maximum Gasteiger partial charge on any atom is 0.158 e. The van der Waals surface area contributed by atoms with E-state index < -0.39 is 0 Å². The van der Waals surface area contributed by atoms with Crippen LogP contribution in [0.15, 0.2) is 18.5 Å². The molecule has 0 aromatic carbocycles. The number of hydrogen-bond donors (Lipinski definition) is 0. The minimum absolute atomic E-state index is 0.400. The van der Waals surface area contributed by atoms with E-state index in [-0.39, 0.29) is 0 Å². The van der Waals surface area contributed by atoms with Crippen molar-refractivity contribution in [3.8, 4) is 0 Å². The van der Waals surface area contributed by atoms with Gasteiger partial charge >= 0.3 is 0 Å². The smallest absolute Gasteiger partial charge is 0.158 e. The van der Waals surface area contributed by atoms with E-state index in [0.717, 1.165) is 42.2 Å². The number of rotatable bonds is 5. The first-order valence-corrected chi connectivity index (χ1v) is 7.22. The summed E-state index contributed by atoms with van der Waals surface area (Å²) in [4.78, 5) is 4.64. The molecule has 20 heavy (non-hydrogen) atoms. The molecule has 0 N–H and O–H groups in total. The Morgan fingerprint density at radius 2 is 2.15 bits per heavy atom. The summed E-state index contributed by atoms with van der Waals surface area (Å²) in [6, 6.07) is 1.92. The summed E-state index contributed by atoms with van der Waals surface area (Å²) in [5, 5.41) is 8.74. The number of halogens is 1. The zero-order valence-electron chi connectivity index (χ0n) is 11.6. The van der Waals surface area contributed by atoms with Gasteiger partial charge in [-0.05, 0) is 12.5 Å². The fourth-order valence-electron chi connectivity index (χ4n) is 2.50. The Labute approximate surface area is 122 Å². The highest BCUT2D eigenvalue weighted by atomic mass is 35.5. The Balaban J connectivity index is 2.01. The summed E-state index contributed by atoms with van der Waals surface area (Å²) in [5.74, 6) is 1.29. The van der Waals surface area contributed by atoms with Crippen LogP contribution in [0.3, 0.4) is 0 Å². The second kappa shape index (κ2) is 5.28. The van der Waals surface area contributed by atoms with Crippen molar-refractivity contribution in [3.63, 3.8) is 0 Å². The van der Waals surface area contributed by atoms with E-state index in [2.05, 4.69) is 26.7 Å². The molecule has 0 aliphatic carbocycles. The third-order valence-corrected chi connectivity index (χ3v) is 3.68. The second-order valence-corrected chi connectivity index (χ2v) is 4.95. The van der Waals surface area contributed by atoms with E-state index in [1.54, 1.807) is 6.20 Å². The van der Waals surface area contributed by atoms with Gasteiger partial charge in [0.25, 0.3) is 0 Å². The van der Waals surface area contributed by atoms with Crippen LogP contribution in [0, 0.1) is 0 Å². The molecule has 3 aromatic rings. The Morgan fingerprint density at radius 1 is 1.30 bits per heavy atom. The molecule has 6 nitrogen and oxygen atoms in total. The van der Waals surface area contributed by atoms with E-state index in [9.17, 15) is 0 Å². The third kappa shape index (κ3) is 2.10. The number of nitrogens with zero attached hydrogens (tertiary/aromatic N) is 6. The lowest BCUT2D eigenvalue weighted by Crippen LogP contribution is -2.12. The van der Waals surface area contributed by atoms with Crippen LogP contribution in [0.1, 0.15) is 18.4 Å². The first-order valence-electron chi connectivity index (χ1n) is 6.69.